The summed E-state index contributed by atoms with van der Waals surface area (Å²) in [5.41, 5.74) is 9.74. The Morgan fingerprint density at radius 1 is 1.28 bits per heavy atom. The number of hydrazine groups is 1. The van der Waals surface area contributed by atoms with Crippen molar-refractivity contribution in [1.82, 2.24) is 10.4 Å². The molecule has 1 aromatic carbocycles. The molecule has 1 unspecified atom stereocenters. The van der Waals surface area contributed by atoms with Gasteiger partial charge in [0.25, 0.3) is 5.91 Å². The standard InChI is InChI=1S/C20H20F3N7O2/c1-10-8-11(2-4-14(10)30-6-7-32-17(24)16(29-25)19(30)31)18-26-9-13-12(28-18)3-5-15(27-13)20(21,22)23/h2-5,8-9,18,28-29H,6-7,24-25H2,1H3. The molecule has 168 valence electrons. The number of fused-ring (bicyclic) bond motifs is 1. The highest BCUT2D eigenvalue weighted by molar-refractivity contribution is 6.06. The minimum Gasteiger partial charge on any atom is -0.476 e. The number of rotatable bonds is 3. The van der Waals surface area contributed by atoms with Gasteiger partial charge in [0.15, 0.2) is 5.70 Å². The first-order valence-corrected chi connectivity index (χ1v) is 9.58. The molecule has 2 aliphatic heterocycles. The summed E-state index contributed by atoms with van der Waals surface area (Å²) in [5, 5.41) is 3.08. The number of alkyl halides is 3. The van der Waals surface area contributed by atoms with Crippen LogP contribution in [-0.4, -0.2) is 30.3 Å². The molecular weight excluding hydrogens is 427 g/mol. The Bertz CT molecular complexity index is 1130. The van der Waals surface area contributed by atoms with Gasteiger partial charge < -0.3 is 26.1 Å². The van der Waals surface area contributed by atoms with E-state index in [9.17, 15) is 18.0 Å². The molecule has 32 heavy (non-hydrogen) atoms. The van der Waals surface area contributed by atoms with Crippen LogP contribution in [-0.2, 0) is 15.7 Å². The molecule has 0 bridgehead atoms. The second-order valence-electron chi connectivity index (χ2n) is 7.19. The summed E-state index contributed by atoms with van der Waals surface area (Å²) in [7, 11) is 0. The molecule has 0 fully saturated rings. The van der Waals surface area contributed by atoms with Crippen LogP contribution in [0, 0.1) is 6.92 Å². The van der Waals surface area contributed by atoms with E-state index < -0.39 is 23.9 Å². The Balaban J connectivity index is 1.58. The van der Waals surface area contributed by atoms with Crippen LogP contribution in [0.3, 0.4) is 0 Å². The van der Waals surface area contributed by atoms with Crippen molar-refractivity contribution in [2.24, 2.45) is 16.6 Å². The first-order chi connectivity index (χ1) is 15.2. The summed E-state index contributed by atoms with van der Waals surface area (Å²) in [5.74, 6) is 4.92. The quantitative estimate of drug-likeness (QED) is 0.418. The zero-order valence-electron chi connectivity index (χ0n) is 16.9. The number of aromatic nitrogens is 1. The monoisotopic (exact) mass is 447 g/mol. The molecular formula is C20H20F3N7O2. The highest BCUT2D eigenvalue weighted by Crippen LogP contribution is 2.33. The number of pyridine rings is 1. The van der Waals surface area contributed by atoms with Crippen LogP contribution in [0.25, 0.3) is 0 Å². The van der Waals surface area contributed by atoms with Crippen LogP contribution in [0.1, 0.15) is 28.7 Å². The van der Waals surface area contributed by atoms with Crippen LogP contribution in [0.5, 0.6) is 0 Å². The number of carbonyl (C=O) groups excluding carboxylic acids is 1. The number of ether oxygens (including phenoxy) is 1. The maximum atomic E-state index is 12.9. The largest absolute Gasteiger partial charge is 0.476 e. The first-order valence-electron chi connectivity index (χ1n) is 9.58. The van der Waals surface area contributed by atoms with Gasteiger partial charge in [0.1, 0.15) is 24.2 Å². The van der Waals surface area contributed by atoms with E-state index in [1.807, 2.05) is 13.0 Å². The summed E-state index contributed by atoms with van der Waals surface area (Å²) >= 11 is 0. The van der Waals surface area contributed by atoms with Gasteiger partial charge in [-0.05, 0) is 36.2 Å². The van der Waals surface area contributed by atoms with Crippen LogP contribution in [0.4, 0.5) is 24.5 Å². The summed E-state index contributed by atoms with van der Waals surface area (Å²) in [4.78, 5) is 22.2. The third-order valence-corrected chi connectivity index (χ3v) is 5.10. The van der Waals surface area contributed by atoms with Crippen molar-refractivity contribution in [3.05, 3.63) is 64.4 Å². The molecule has 0 saturated heterocycles. The Hall–Kier alpha value is -3.80. The number of amides is 1. The molecule has 4 rings (SSSR count). The predicted molar refractivity (Wildman–Crippen MR) is 111 cm³/mol. The fourth-order valence-corrected chi connectivity index (χ4v) is 3.53. The van der Waals surface area contributed by atoms with Crippen LogP contribution in [0.15, 0.2) is 46.9 Å². The molecule has 0 spiro atoms. The van der Waals surface area contributed by atoms with Crippen molar-refractivity contribution in [3.8, 4) is 0 Å². The average molecular weight is 447 g/mol. The smallest absolute Gasteiger partial charge is 0.433 e. The van der Waals surface area contributed by atoms with Gasteiger partial charge >= 0.3 is 6.18 Å². The number of hydrogen-bond acceptors (Lipinski definition) is 8. The predicted octanol–water partition coefficient (Wildman–Crippen LogP) is 1.91. The van der Waals surface area contributed by atoms with Gasteiger partial charge in [-0.15, -0.1) is 0 Å². The van der Waals surface area contributed by atoms with Crippen molar-refractivity contribution < 1.29 is 22.7 Å². The van der Waals surface area contributed by atoms with Crippen molar-refractivity contribution in [1.29, 1.82) is 0 Å². The normalized spacial score (nSPS) is 18.6. The van der Waals surface area contributed by atoms with E-state index in [0.717, 1.165) is 17.2 Å². The molecule has 0 radical (unpaired) electrons. The van der Waals surface area contributed by atoms with Gasteiger partial charge in [-0.3, -0.25) is 15.6 Å². The molecule has 1 atom stereocenters. The van der Waals surface area contributed by atoms with Gasteiger partial charge in [0, 0.05) is 5.69 Å². The van der Waals surface area contributed by atoms with E-state index in [4.69, 9.17) is 16.3 Å². The highest BCUT2D eigenvalue weighted by Gasteiger charge is 2.33. The van der Waals surface area contributed by atoms with E-state index in [0.29, 0.717) is 11.4 Å². The number of nitrogens with zero attached hydrogens (tertiary/aromatic N) is 3. The third kappa shape index (κ3) is 3.91. The molecule has 1 aromatic heterocycles. The molecule has 2 aromatic rings. The lowest BCUT2D eigenvalue weighted by atomic mass is 10.0. The van der Waals surface area contributed by atoms with E-state index in [2.05, 4.69) is 20.7 Å². The fourth-order valence-electron chi connectivity index (χ4n) is 3.53. The molecule has 9 nitrogen and oxygen atoms in total. The van der Waals surface area contributed by atoms with E-state index in [1.165, 1.54) is 17.2 Å². The Morgan fingerprint density at radius 3 is 2.75 bits per heavy atom. The van der Waals surface area contributed by atoms with E-state index >= 15 is 0 Å². The van der Waals surface area contributed by atoms with Crippen molar-refractivity contribution in [2.75, 3.05) is 23.4 Å². The number of hydrogen-bond donors (Lipinski definition) is 4. The zero-order valence-corrected chi connectivity index (χ0v) is 16.9. The second kappa shape index (κ2) is 8.04. The highest BCUT2D eigenvalue weighted by atomic mass is 19.4. The lowest BCUT2D eigenvalue weighted by molar-refractivity contribution is -0.141. The fraction of sp³-hybridized carbons (Fsp3) is 0.250. The molecule has 6 N–H and O–H groups in total. The summed E-state index contributed by atoms with van der Waals surface area (Å²) in [6, 6.07) is 7.64. The summed E-state index contributed by atoms with van der Waals surface area (Å²) in [6.07, 6.45) is -3.73. The number of carbonyl (C=O) groups is 1. The van der Waals surface area contributed by atoms with E-state index in [1.54, 1.807) is 12.1 Å². The number of nitrogens with two attached hydrogens (primary N) is 2. The number of aliphatic imine (C=N–C) groups is 1. The molecule has 2 aliphatic rings. The maximum Gasteiger partial charge on any atom is 0.433 e. The summed E-state index contributed by atoms with van der Waals surface area (Å²) in [6.45, 7) is 2.30. The Morgan fingerprint density at radius 2 is 2.06 bits per heavy atom. The number of anilines is 2. The number of benzene rings is 1. The van der Waals surface area contributed by atoms with Crippen LogP contribution < -0.4 is 27.2 Å². The van der Waals surface area contributed by atoms with E-state index in [-0.39, 0.29) is 30.4 Å². The van der Waals surface area contributed by atoms with Gasteiger partial charge in [0.2, 0.25) is 5.88 Å². The van der Waals surface area contributed by atoms with Crippen molar-refractivity contribution in [2.45, 2.75) is 19.3 Å². The number of halogens is 3. The molecule has 12 heteroatoms. The topological polar surface area (TPSA) is 131 Å². The van der Waals surface area contributed by atoms with Crippen molar-refractivity contribution >= 4 is 23.5 Å². The third-order valence-electron chi connectivity index (χ3n) is 5.10. The van der Waals surface area contributed by atoms with Gasteiger partial charge in [-0.1, -0.05) is 12.1 Å². The second-order valence-corrected chi connectivity index (χ2v) is 7.19. The molecule has 1 amide bonds. The summed E-state index contributed by atoms with van der Waals surface area (Å²) < 4.78 is 43.9. The van der Waals surface area contributed by atoms with Gasteiger partial charge in [0.05, 0.1) is 18.4 Å². The lowest BCUT2D eigenvalue weighted by Gasteiger charge is -2.25. The number of nitrogens with one attached hydrogen (secondary N) is 2. The molecule has 0 saturated carbocycles. The van der Waals surface area contributed by atoms with Crippen LogP contribution >= 0.6 is 0 Å². The lowest BCUT2D eigenvalue weighted by Crippen LogP contribution is -2.40. The van der Waals surface area contributed by atoms with Gasteiger partial charge in [-0.2, -0.15) is 13.2 Å². The SMILES string of the molecule is Cc1cc(C2N=Cc3nc(C(F)(F)F)ccc3N2)ccc1N1CCOC(N)=C(NN)C1=O. The zero-order chi connectivity index (χ0) is 23.0. The van der Waals surface area contributed by atoms with Crippen LogP contribution in [0.2, 0.25) is 0 Å². The Labute approximate surface area is 180 Å². The molecule has 3 heterocycles. The maximum absolute atomic E-state index is 12.9. The average Bonchev–Trinajstić information content (AvgIpc) is 2.89. The first kappa shape index (κ1) is 21.4. The molecule has 0 aliphatic carbocycles. The van der Waals surface area contributed by atoms with Gasteiger partial charge in [-0.25, -0.2) is 4.98 Å². The number of aryl methyl sites for hydroxylation is 1. The minimum absolute atomic E-state index is 0.0353. The van der Waals surface area contributed by atoms with Crippen molar-refractivity contribution in [3.63, 3.8) is 0 Å². The minimum atomic E-state index is -4.53. The Kier molecular flexibility index (Phi) is 5.38.